The Kier molecular flexibility index (Phi) is 4.18. The average Bonchev–Trinajstić information content (AvgIpc) is 2.26. The van der Waals surface area contributed by atoms with E-state index < -0.39 is 11.2 Å². The van der Waals surface area contributed by atoms with Crippen LogP contribution in [0.3, 0.4) is 0 Å². The van der Waals surface area contributed by atoms with E-state index in [0.29, 0.717) is 16.7 Å². The quantitative estimate of drug-likeness (QED) is 0.611. The second-order valence-corrected chi connectivity index (χ2v) is 4.32. The van der Waals surface area contributed by atoms with Crippen LogP contribution in [0.5, 0.6) is 0 Å². The Balaban J connectivity index is 3.33. The van der Waals surface area contributed by atoms with Crippen molar-refractivity contribution in [1.82, 2.24) is 0 Å². The molecule has 0 fully saturated rings. The van der Waals surface area contributed by atoms with Crippen molar-refractivity contribution in [3.8, 4) is 0 Å². The zero-order valence-corrected chi connectivity index (χ0v) is 10.7. The van der Waals surface area contributed by atoms with Gasteiger partial charge in [-0.15, -0.1) is 0 Å². The molecule has 0 aliphatic rings. The first kappa shape index (κ1) is 13.6. The van der Waals surface area contributed by atoms with Crippen molar-refractivity contribution in [3.63, 3.8) is 0 Å². The Morgan fingerprint density at radius 3 is 2.00 bits per heavy atom. The first-order valence-corrected chi connectivity index (χ1v) is 5.57. The predicted octanol–water partition coefficient (Wildman–Crippen LogP) is 2.96. The Morgan fingerprint density at radius 2 is 1.59 bits per heavy atom. The molecule has 1 atom stereocenters. The summed E-state index contributed by atoms with van der Waals surface area (Å²) in [5.41, 5.74) is 1.34. The van der Waals surface area contributed by atoms with Crippen LogP contribution in [0.25, 0.3) is 0 Å². The molecule has 4 heteroatoms. The van der Waals surface area contributed by atoms with Crippen LogP contribution in [0.4, 0.5) is 0 Å². The van der Waals surface area contributed by atoms with Crippen molar-refractivity contribution >= 4 is 28.4 Å². The fraction of sp³-hybridized carbons (Fsp3) is 0.308. The highest BCUT2D eigenvalue weighted by Gasteiger charge is 2.17. The molecule has 0 bridgehead atoms. The summed E-state index contributed by atoms with van der Waals surface area (Å²) in [4.78, 5) is 33.8. The minimum atomic E-state index is -0.491. The molecule has 0 aliphatic carbocycles. The van der Waals surface area contributed by atoms with Gasteiger partial charge in [0.25, 0.3) is 0 Å². The third kappa shape index (κ3) is 3.01. The van der Waals surface area contributed by atoms with Crippen molar-refractivity contribution in [2.75, 3.05) is 0 Å². The molecule has 0 saturated carbocycles. The maximum Gasteiger partial charge on any atom is 0.228 e. The van der Waals surface area contributed by atoms with Crippen LogP contribution in [0.1, 0.15) is 53.0 Å². The van der Waals surface area contributed by atoms with Gasteiger partial charge in [-0.1, -0.05) is 19.1 Å². The van der Waals surface area contributed by atoms with Crippen molar-refractivity contribution < 1.29 is 14.4 Å². The fourth-order valence-corrected chi connectivity index (χ4v) is 1.69. The van der Waals surface area contributed by atoms with Crippen molar-refractivity contribution in [3.05, 3.63) is 34.9 Å². The highest BCUT2D eigenvalue weighted by Crippen LogP contribution is 2.22. The van der Waals surface area contributed by atoms with Gasteiger partial charge in [-0.2, -0.15) is 0 Å². The summed E-state index contributed by atoms with van der Waals surface area (Å²) in [5, 5.41) is -0.491. The molecule has 1 aromatic rings. The minimum Gasteiger partial charge on any atom is -0.294 e. The number of hydrogen-bond acceptors (Lipinski definition) is 3. The van der Waals surface area contributed by atoms with E-state index >= 15 is 0 Å². The normalized spacial score (nSPS) is 12.0. The Morgan fingerprint density at radius 1 is 1.06 bits per heavy atom. The molecule has 0 radical (unpaired) electrons. The number of carbonyl (C=O) groups excluding carboxylic acids is 3. The number of halogens is 1. The topological polar surface area (TPSA) is 51.2 Å². The Labute approximate surface area is 105 Å². The number of hydrogen-bond donors (Lipinski definition) is 0. The molecule has 0 saturated heterocycles. The maximum atomic E-state index is 11.4. The third-order valence-electron chi connectivity index (χ3n) is 2.64. The largest absolute Gasteiger partial charge is 0.294 e. The smallest absolute Gasteiger partial charge is 0.228 e. The van der Waals surface area contributed by atoms with Gasteiger partial charge in [0, 0.05) is 11.1 Å². The van der Waals surface area contributed by atoms with Crippen LogP contribution in [-0.2, 0) is 4.79 Å². The highest BCUT2D eigenvalue weighted by molar-refractivity contribution is 6.64. The van der Waals surface area contributed by atoms with E-state index in [0.717, 1.165) is 0 Å². The highest BCUT2D eigenvalue weighted by atomic mass is 35.5. The van der Waals surface area contributed by atoms with Gasteiger partial charge < -0.3 is 0 Å². The Hall–Kier alpha value is -1.48. The number of ketones is 2. The van der Waals surface area contributed by atoms with Crippen molar-refractivity contribution in [2.24, 2.45) is 0 Å². The van der Waals surface area contributed by atoms with Gasteiger partial charge in [0.05, 0.1) is 5.92 Å². The molecule has 1 rings (SSSR count). The molecule has 0 spiro atoms. The van der Waals surface area contributed by atoms with Gasteiger partial charge in [0.15, 0.2) is 11.6 Å². The van der Waals surface area contributed by atoms with E-state index in [4.69, 9.17) is 11.6 Å². The molecule has 0 heterocycles. The van der Waals surface area contributed by atoms with Crippen LogP contribution in [-0.4, -0.2) is 16.8 Å². The fourth-order valence-electron chi connectivity index (χ4n) is 1.56. The van der Waals surface area contributed by atoms with Gasteiger partial charge in [-0.3, -0.25) is 14.4 Å². The molecule has 0 aliphatic heterocycles. The van der Waals surface area contributed by atoms with E-state index in [-0.39, 0.29) is 11.6 Å². The molecule has 0 aromatic heterocycles. The number of carbonyl (C=O) groups is 3. The van der Waals surface area contributed by atoms with Crippen LogP contribution in [0, 0.1) is 0 Å². The first-order chi connectivity index (χ1) is 7.84. The maximum absolute atomic E-state index is 11.4. The van der Waals surface area contributed by atoms with Gasteiger partial charge in [-0.25, -0.2) is 0 Å². The zero-order valence-electron chi connectivity index (χ0n) is 9.91. The molecule has 0 amide bonds. The van der Waals surface area contributed by atoms with Crippen molar-refractivity contribution in [2.45, 2.75) is 26.7 Å². The summed E-state index contributed by atoms with van der Waals surface area (Å²) >= 11 is 5.41. The van der Waals surface area contributed by atoms with Crippen LogP contribution < -0.4 is 0 Å². The minimum absolute atomic E-state index is 0.174. The number of rotatable bonds is 4. The summed E-state index contributed by atoms with van der Waals surface area (Å²) in [6.07, 6.45) is 0. The zero-order chi connectivity index (χ0) is 13.2. The average molecular weight is 253 g/mol. The molecule has 17 heavy (non-hydrogen) atoms. The van der Waals surface area contributed by atoms with Gasteiger partial charge in [-0.05, 0) is 37.1 Å². The second kappa shape index (κ2) is 5.23. The SMILES string of the molecule is CC(=O)c1ccc(C(C)C(=O)Cl)cc1C(C)=O. The van der Waals surface area contributed by atoms with E-state index in [1.54, 1.807) is 25.1 Å². The van der Waals surface area contributed by atoms with E-state index in [1.807, 2.05) is 0 Å². The molecular weight excluding hydrogens is 240 g/mol. The second-order valence-electron chi connectivity index (χ2n) is 3.94. The molecule has 90 valence electrons. The monoisotopic (exact) mass is 252 g/mol. The molecule has 3 nitrogen and oxygen atoms in total. The lowest BCUT2D eigenvalue weighted by Crippen LogP contribution is -2.08. The lowest BCUT2D eigenvalue weighted by Gasteiger charge is -2.10. The molecule has 0 N–H and O–H groups in total. The standard InChI is InChI=1S/C13H13ClO3/c1-7(13(14)17)10-4-5-11(8(2)15)12(6-10)9(3)16/h4-7H,1-3H3. The van der Waals surface area contributed by atoms with Crippen molar-refractivity contribution in [1.29, 1.82) is 0 Å². The Bertz CT molecular complexity index is 491. The third-order valence-corrected chi connectivity index (χ3v) is 2.97. The molecular formula is C13H13ClO3. The van der Waals surface area contributed by atoms with E-state index in [9.17, 15) is 14.4 Å². The van der Waals surface area contributed by atoms with E-state index in [1.165, 1.54) is 13.8 Å². The summed E-state index contributed by atoms with van der Waals surface area (Å²) in [5.74, 6) is -0.867. The lowest BCUT2D eigenvalue weighted by atomic mass is 9.94. The summed E-state index contributed by atoms with van der Waals surface area (Å²) in [7, 11) is 0. The summed E-state index contributed by atoms with van der Waals surface area (Å²) in [6.45, 7) is 4.44. The van der Waals surface area contributed by atoms with Crippen LogP contribution in [0.15, 0.2) is 18.2 Å². The van der Waals surface area contributed by atoms with Crippen LogP contribution in [0.2, 0.25) is 0 Å². The number of benzene rings is 1. The summed E-state index contributed by atoms with van der Waals surface area (Å²) < 4.78 is 0. The molecule has 1 unspecified atom stereocenters. The van der Waals surface area contributed by atoms with E-state index in [2.05, 4.69) is 0 Å². The van der Waals surface area contributed by atoms with Gasteiger partial charge in [0.1, 0.15) is 0 Å². The molecule has 1 aromatic carbocycles. The first-order valence-electron chi connectivity index (χ1n) is 5.19. The number of Topliss-reactive ketones (excluding diaryl/α,β-unsaturated/α-hetero) is 2. The summed E-state index contributed by atoms with van der Waals surface area (Å²) in [6, 6.07) is 4.77. The van der Waals surface area contributed by atoms with Crippen LogP contribution >= 0.6 is 11.6 Å². The lowest BCUT2D eigenvalue weighted by molar-refractivity contribution is -0.112. The van der Waals surface area contributed by atoms with Gasteiger partial charge >= 0.3 is 0 Å². The van der Waals surface area contributed by atoms with Gasteiger partial charge in [0.2, 0.25) is 5.24 Å². The predicted molar refractivity (Wildman–Crippen MR) is 65.7 cm³/mol.